The Bertz CT molecular complexity index is 1170. The normalized spacial score (nSPS) is 15.4. The Balaban J connectivity index is 1.74. The highest BCUT2D eigenvalue weighted by Gasteiger charge is 2.36. The van der Waals surface area contributed by atoms with E-state index in [2.05, 4.69) is 9.97 Å². The van der Waals surface area contributed by atoms with Crippen molar-refractivity contribution in [1.29, 1.82) is 0 Å². The molecule has 3 aromatic rings. The summed E-state index contributed by atoms with van der Waals surface area (Å²) < 4.78 is 27.2. The Kier molecular flexibility index (Phi) is 5.16. The summed E-state index contributed by atoms with van der Waals surface area (Å²) in [4.78, 5) is 9.77. The molecule has 1 fully saturated rings. The lowest BCUT2D eigenvalue weighted by molar-refractivity contribution is 0.117. The summed E-state index contributed by atoms with van der Waals surface area (Å²) in [6.45, 7) is 4.56. The Morgan fingerprint density at radius 2 is 1.93 bits per heavy atom. The summed E-state index contributed by atoms with van der Waals surface area (Å²) in [5, 5.41) is 10.1. The van der Waals surface area contributed by atoms with Crippen LogP contribution in [0.1, 0.15) is 10.6 Å². The Morgan fingerprint density at radius 3 is 2.59 bits per heavy atom. The van der Waals surface area contributed by atoms with E-state index in [0.717, 1.165) is 32.1 Å². The van der Waals surface area contributed by atoms with Crippen molar-refractivity contribution in [3.05, 3.63) is 47.2 Å². The van der Waals surface area contributed by atoms with Crippen molar-refractivity contribution in [2.45, 2.75) is 18.7 Å². The van der Waals surface area contributed by atoms with Crippen molar-refractivity contribution in [3.8, 4) is 21.6 Å². The zero-order chi connectivity index (χ0) is 20.8. The molecule has 0 bridgehead atoms. The molecule has 2 aromatic heterocycles. The molecule has 0 aliphatic carbocycles. The summed E-state index contributed by atoms with van der Waals surface area (Å²) in [7, 11) is -3.59. The first-order valence-corrected chi connectivity index (χ1v) is 11.5. The van der Waals surface area contributed by atoms with Crippen LogP contribution in [-0.2, 0) is 10.0 Å². The van der Waals surface area contributed by atoms with Gasteiger partial charge in [-0.25, -0.2) is 18.4 Å². The molecule has 1 aliphatic rings. The second-order valence-electron chi connectivity index (χ2n) is 7.25. The monoisotopic (exact) mass is 430 g/mol. The van der Waals surface area contributed by atoms with E-state index >= 15 is 0 Å². The maximum Gasteiger partial charge on any atom is 0.243 e. The second kappa shape index (κ2) is 7.49. The molecular formula is C20H22N4O3S2. The second-order valence-corrected chi connectivity index (χ2v) is 10.4. The molecule has 0 saturated carbocycles. The number of aryl methyl sites for hydroxylation is 2. The number of hydrogen-bond donors (Lipinski definition) is 2. The van der Waals surface area contributed by atoms with Crippen LogP contribution < -0.4 is 5.73 Å². The lowest BCUT2D eigenvalue weighted by Crippen LogP contribution is -2.51. The fraction of sp³-hybridized carbons (Fsp3) is 0.300. The van der Waals surface area contributed by atoms with E-state index in [4.69, 9.17) is 5.73 Å². The molecule has 0 atom stereocenters. The Labute approximate surface area is 173 Å². The third-order valence-electron chi connectivity index (χ3n) is 5.14. The molecule has 3 N–H and O–H groups in total. The number of nitrogens with two attached hydrogens (primary N) is 1. The van der Waals surface area contributed by atoms with Crippen LogP contribution in [-0.4, -0.2) is 47.5 Å². The summed E-state index contributed by atoms with van der Waals surface area (Å²) in [6, 6.07) is 7.04. The Morgan fingerprint density at radius 1 is 1.17 bits per heavy atom. The molecule has 1 aromatic carbocycles. The molecule has 0 unspecified atom stereocenters. The van der Waals surface area contributed by atoms with Gasteiger partial charge in [0.05, 0.1) is 14.8 Å². The molecule has 0 spiro atoms. The summed E-state index contributed by atoms with van der Waals surface area (Å²) >= 11 is 1.53. The van der Waals surface area contributed by atoms with E-state index in [1.54, 1.807) is 30.6 Å². The lowest BCUT2D eigenvalue weighted by Gasteiger charge is -2.37. The van der Waals surface area contributed by atoms with Gasteiger partial charge in [-0.1, -0.05) is 6.07 Å². The number of thiazole rings is 1. The molecule has 0 amide bonds. The van der Waals surface area contributed by atoms with Crippen molar-refractivity contribution in [2.75, 3.05) is 25.4 Å². The third-order valence-corrected chi connectivity index (χ3v) is 7.92. The maximum atomic E-state index is 12.9. The van der Waals surface area contributed by atoms with Gasteiger partial charge in [-0.05, 0) is 43.2 Å². The summed E-state index contributed by atoms with van der Waals surface area (Å²) in [5.74, 6) is 0.427. The van der Waals surface area contributed by atoms with E-state index in [1.807, 2.05) is 19.9 Å². The number of nitrogen functional groups attached to an aromatic ring is 1. The highest BCUT2D eigenvalue weighted by molar-refractivity contribution is 7.89. The van der Waals surface area contributed by atoms with Gasteiger partial charge >= 0.3 is 0 Å². The SMILES string of the molecule is Cc1ncc(-c2cc(-c3cc(S(=O)(=O)N4CC(CO)C4)ccc3C)cnc2N)s1. The summed E-state index contributed by atoms with van der Waals surface area (Å²) in [5.41, 5.74) is 9.40. The number of anilines is 1. The zero-order valence-corrected chi connectivity index (χ0v) is 17.8. The van der Waals surface area contributed by atoms with Crippen LogP contribution in [0.2, 0.25) is 0 Å². The van der Waals surface area contributed by atoms with Crippen LogP contribution in [0.5, 0.6) is 0 Å². The topological polar surface area (TPSA) is 109 Å². The first-order chi connectivity index (χ1) is 13.8. The average Bonchev–Trinajstić information content (AvgIpc) is 3.07. The van der Waals surface area contributed by atoms with Gasteiger partial charge in [0, 0.05) is 49.1 Å². The number of aliphatic hydroxyl groups is 1. The van der Waals surface area contributed by atoms with Crippen molar-refractivity contribution in [1.82, 2.24) is 14.3 Å². The average molecular weight is 431 g/mol. The minimum Gasteiger partial charge on any atom is -0.396 e. The fourth-order valence-electron chi connectivity index (χ4n) is 3.36. The molecule has 1 saturated heterocycles. The molecule has 9 heteroatoms. The highest BCUT2D eigenvalue weighted by Crippen LogP contribution is 2.35. The Hall–Kier alpha value is -2.33. The maximum absolute atomic E-state index is 12.9. The van der Waals surface area contributed by atoms with E-state index in [1.165, 1.54) is 15.6 Å². The predicted octanol–water partition coefficient (Wildman–Crippen LogP) is 2.68. The third kappa shape index (κ3) is 3.66. The van der Waals surface area contributed by atoms with E-state index in [9.17, 15) is 13.5 Å². The van der Waals surface area contributed by atoms with Gasteiger partial charge in [0.1, 0.15) is 5.82 Å². The highest BCUT2D eigenvalue weighted by atomic mass is 32.2. The van der Waals surface area contributed by atoms with Gasteiger partial charge in [0.2, 0.25) is 10.0 Å². The van der Waals surface area contributed by atoms with Crippen LogP contribution in [0.15, 0.2) is 41.6 Å². The van der Waals surface area contributed by atoms with Crippen LogP contribution in [0, 0.1) is 19.8 Å². The number of nitrogens with zero attached hydrogens (tertiary/aromatic N) is 3. The van der Waals surface area contributed by atoms with E-state index in [-0.39, 0.29) is 17.4 Å². The zero-order valence-electron chi connectivity index (χ0n) is 16.2. The molecule has 4 rings (SSSR count). The van der Waals surface area contributed by atoms with Gasteiger partial charge in [-0.15, -0.1) is 11.3 Å². The van der Waals surface area contributed by atoms with Crippen molar-refractivity contribution < 1.29 is 13.5 Å². The van der Waals surface area contributed by atoms with E-state index in [0.29, 0.717) is 18.9 Å². The minimum absolute atomic E-state index is 0.00209. The van der Waals surface area contributed by atoms with Gasteiger partial charge in [-0.2, -0.15) is 4.31 Å². The van der Waals surface area contributed by atoms with Crippen LogP contribution in [0.3, 0.4) is 0 Å². The largest absolute Gasteiger partial charge is 0.396 e. The molecule has 0 radical (unpaired) electrons. The molecule has 29 heavy (non-hydrogen) atoms. The van der Waals surface area contributed by atoms with Crippen LogP contribution in [0.25, 0.3) is 21.6 Å². The molecule has 1 aliphatic heterocycles. The van der Waals surface area contributed by atoms with Crippen molar-refractivity contribution in [3.63, 3.8) is 0 Å². The smallest absolute Gasteiger partial charge is 0.243 e. The number of aromatic nitrogens is 2. The lowest BCUT2D eigenvalue weighted by atomic mass is 10.0. The molecule has 152 valence electrons. The van der Waals surface area contributed by atoms with Crippen molar-refractivity contribution >= 4 is 27.2 Å². The molecule has 3 heterocycles. The summed E-state index contributed by atoms with van der Waals surface area (Å²) in [6.07, 6.45) is 3.43. The van der Waals surface area contributed by atoms with Gasteiger partial charge in [-0.3, -0.25) is 0 Å². The van der Waals surface area contributed by atoms with Crippen LogP contribution in [0.4, 0.5) is 5.82 Å². The quantitative estimate of drug-likeness (QED) is 0.644. The number of sulfonamides is 1. The first-order valence-electron chi connectivity index (χ1n) is 9.20. The fourth-order valence-corrected chi connectivity index (χ4v) is 5.78. The standard InChI is InChI=1S/C20H22N4O3S2/c1-12-3-4-16(29(26,27)24-9-14(10-24)11-25)6-17(12)15-5-18(20(21)23-7-15)19-8-22-13(2)28-19/h3-8,14,25H,9-11H2,1-2H3,(H2,21,23). The van der Waals surface area contributed by atoms with E-state index < -0.39 is 10.0 Å². The first kappa shape index (κ1) is 20.0. The number of hydrogen-bond acceptors (Lipinski definition) is 7. The number of aliphatic hydroxyl groups excluding tert-OH is 1. The van der Waals surface area contributed by atoms with Crippen LogP contribution >= 0.6 is 11.3 Å². The predicted molar refractivity (Wildman–Crippen MR) is 114 cm³/mol. The van der Waals surface area contributed by atoms with Gasteiger partial charge in [0.15, 0.2) is 0 Å². The van der Waals surface area contributed by atoms with Gasteiger partial charge in [0.25, 0.3) is 0 Å². The number of rotatable bonds is 5. The molecular weight excluding hydrogens is 408 g/mol. The van der Waals surface area contributed by atoms with Gasteiger partial charge < -0.3 is 10.8 Å². The number of pyridine rings is 1. The minimum atomic E-state index is -3.59. The number of benzene rings is 1. The molecule has 7 nitrogen and oxygen atoms in total. The van der Waals surface area contributed by atoms with Crippen molar-refractivity contribution in [2.24, 2.45) is 5.92 Å².